The molecule has 86 valence electrons. The van der Waals surface area contributed by atoms with Crippen molar-refractivity contribution in [2.45, 2.75) is 51.6 Å². The highest BCUT2D eigenvalue weighted by atomic mass is 16.6. The van der Waals surface area contributed by atoms with Crippen molar-refractivity contribution in [2.75, 3.05) is 6.61 Å². The Balaban J connectivity index is 2.45. The largest absolute Gasteiger partial charge is 0.449 e. The highest BCUT2D eigenvalue weighted by Gasteiger charge is 2.34. The lowest BCUT2D eigenvalue weighted by atomic mass is 10.2. The molecule has 1 rings (SSSR count). The van der Waals surface area contributed by atoms with Crippen LogP contribution in [0.4, 0.5) is 4.79 Å². The molecule has 1 aliphatic rings. The number of hydrogen-bond donors (Lipinski definition) is 0. The van der Waals surface area contributed by atoms with E-state index in [4.69, 9.17) is 4.74 Å². The number of amides is 1. The molecule has 0 bridgehead atoms. The zero-order chi connectivity index (χ0) is 11.3. The normalized spacial score (nSPS) is 25.3. The van der Waals surface area contributed by atoms with Crippen LogP contribution >= 0.6 is 0 Å². The van der Waals surface area contributed by atoms with Crippen molar-refractivity contribution in [1.29, 1.82) is 0 Å². The first-order valence-electron chi connectivity index (χ1n) is 5.61. The number of nitrogens with zero attached hydrogens (tertiary/aromatic N) is 1. The summed E-state index contributed by atoms with van der Waals surface area (Å²) in [7, 11) is 0. The molecule has 4 nitrogen and oxygen atoms in total. The molecule has 0 N–H and O–H groups in total. The summed E-state index contributed by atoms with van der Waals surface area (Å²) < 4.78 is 5.10. The highest BCUT2D eigenvalue weighted by Crippen LogP contribution is 2.23. The molecule has 4 heteroatoms. The van der Waals surface area contributed by atoms with Gasteiger partial charge in [0.2, 0.25) is 0 Å². The third-order valence-electron chi connectivity index (χ3n) is 2.80. The predicted molar refractivity (Wildman–Crippen MR) is 56.6 cm³/mol. The van der Waals surface area contributed by atoms with Gasteiger partial charge >= 0.3 is 6.09 Å². The Kier molecular flexibility index (Phi) is 4.59. The van der Waals surface area contributed by atoms with Gasteiger partial charge in [-0.05, 0) is 26.2 Å². The second-order valence-electron chi connectivity index (χ2n) is 4.00. The molecule has 15 heavy (non-hydrogen) atoms. The van der Waals surface area contributed by atoms with E-state index in [1.165, 1.54) is 0 Å². The third-order valence-corrected chi connectivity index (χ3v) is 2.80. The number of likely N-dealkylation sites (tertiary alicyclic amines) is 1. The molecule has 1 amide bonds. The van der Waals surface area contributed by atoms with Gasteiger partial charge in [-0.2, -0.15) is 0 Å². The number of aldehydes is 1. The second kappa shape index (κ2) is 5.73. The van der Waals surface area contributed by atoms with Gasteiger partial charge in [0, 0.05) is 6.04 Å². The first-order chi connectivity index (χ1) is 7.20. The van der Waals surface area contributed by atoms with Crippen LogP contribution in [0.2, 0.25) is 0 Å². The summed E-state index contributed by atoms with van der Waals surface area (Å²) in [6, 6.07) is -0.163. The predicted octanol–water partition coefficient (Wildman–Crippen LogP) is 1.97. The van der Waals surface area contributed by atoms with Crippen LogP contribution in [0, 0.1) is 0 Å². The fraction of sp³-hybridized carbons (Fsp3) is 0.818. The summed E-state index contributed by atoms with van der Waals surface area (Å²) >= 11 is 0. The molecule has 2 atom stereocenters. The van der Waals surface area contributed by atoms with Crippen molar-refractivity contribution in [3.05, 3.63) is 0 Å². The molecule has 1 aliphatic heterocycles. The number of hydrogen-bond acceptors (Lipinski definition) is 3. The quantitative estimate of drug-likeness (QED) is 0.530. The Morgan fingerprint density at radius 2 is 2.27 bits per heavy atom. The molecule has 1 heterocycles. The van der Waals surface area contributed by atoms with Crippen LogP contribution in [0.5, 0.6) is 0 Å². The lowest BCUT2D eigenvalue weighted by Crippen LogP contribution is -2.41. The molecule has 0 aliphatic carbocycles. The third kappa shape index (κ3) is 2.94. The van der Waals surface area contributed by atoms with E-state index in [1.807, 2.05) is 13.8 Å². The molecule has 0 radical (unpaired) electrons. The highest BCUT2D eigenvalue weighted by molar-refractivity contribution is 5.74. The van der Waals surface area contributed by atoms with Crippen molar-refractivity contribution in [3.63, 3.8) is 0 Å². The molecule has 0 aromatic rings. The van der Waals surface area contributed by atoms with E-state index in [0.29, 0.717) is 6.61 Å². The average molecular weight is 213 g/mol. The molecule has 0 unspecified atom stereocenters. The maximum atomic E-state index is 11.6. The van der Waals surface area contributed by atoms with E-state index >= 15 is 0 Å². The van der Waals surface area contributed by atoms with Crippen LogP contribution in [-0.4, -0.2) is 36.0 Å². The molecule has 0 aromatic heterocycles. The molecular weight excluding hydrogens is 194 g/mol. The maximum absolute atomic E-state index is 11.6. The minimum atomic E-state index is -0.342. The monoisotopic (exact) mass is 213 g/mol. The first kappa shape index (κ1) is 12.0. The molecule has 0 aromatic carbocycles. The zero-order valence-corrected chi connectivity index (χ0v) is 9.44. The van der Waals surface area contributed by atoms with Crippen LogP contribution in [-0.2, 0) is 9.53 Å². The number of rotatable bonds is 4. The Bertz CT molecular complexity index is 230. The van der Waals surface area contributed by atoms with Crippen LogP contribution in [0.3, 0.4) is 0 Å². The Labute approximate surface area is 90.6 Å². The molecule has 1 saturated heterocycles. The number of carbonyl (C=O) groups excluding carboxylic acids is 2. The van der Waals surface area contributed by atoms with Crippen molar-refractivity contribution in [3.8, 4) is 0 Å². The summed E-state index contributed by atoms with van der Waals surface area (Å²) in [5.41, 5.74) is 0. The molecule has 0 saturated carbocycles. The fourth-order valence-corrected chi connectivity index (χ4v) is 1.84. The smallest absolute Gasteiger partial charge is 0.410 e. The van der Waals surface area contributed by atoms with Gasteiger partial charge in [-0.15, -0.1) is 0 Å². The number of carbonyl (C=O) groups is 2. The topological polar surface area (TPSA) is 46.6 Å². The molecule has 0 spiro atoms. The second-order valence-corrected chi connectivity index (χ2v) is 4.00. The van der Waals surface area contributed by atoms with Crippen molar-refractivity contribution in [2.24, 2.45) is 0 Å². The van der Waals surface area contributed by atoms with E-state index in [1.54, 1.807) is 4.90 Å². The summed E-state index contributed by atoms with van der Waals surface area (Å²) in [5, 5.41) is 0. The SMILES string of the molecule is CCCCOC(=O)N1[C@H](C)CC[C@@H]1C=O. The van der Waals surface area contributed by atoms with Gasteiger partial charge in [0.25, 0.3) is 0 Å². The van der Waals surface area contributed by atoms with Gasteiger partial charge < -0.3 is 9.53 Å². The molecule has 1 fully saturated rings. The van der Waals surface area contributed by atoms with Crippen molar-refractivity contribution >= 4 is 12.4 Å². The van der Waals surface area contributed by atoms with Gasteiger partial charge in [-0.3, -0.25) is 4.90 Å². The van der Waals surface area contributed by atoms with E-state index in [9.17, 15) is 9.59 Å². The van der Waals surface area contributed by atoms with Gasteiger partial charge in [0.05, 0.1) is 12.6 Å². The van der Waals surface area contributed by atoms with Crippen LogP contribution in [0.1, 0.15) is 39.5 Å². The van der Waals surface area contributed by atoms with Gasteiger partial charge in [-0.25, -0.2) is 4.79 Å². The van der Waals surface area contributed by atoms with Crippen molar-refractivity contribution < 1.29 is 14.3 Å². The van der Waals surface area contributed by atoms with Crippen molar-refractivity contribution in [1.82, 2.24) is 4.90 Å². The van der Waals surface area contributed by atoms with Crippen LogP contribution < -0.4 is 0 Å². The fourth-order valence-electron chi connectivity index (χ4n) is 1.84. The maximum Gasteiger partial charge on any atom is 0.410 e. The van der Waals surface area contributed by atoms with E-state index in [2.05, 4.69) is 0 Å². The zero-order valence-electron chi connectivity index (χ0n) is 9.44. The Morgan fingerprint density at radius 1 is 1.53 bits per heavy atom. The van der Waals surface area contributed by atoms with E-state index in [-0.39, 0.29) is 18.2 Å². The average Bonchev–Trinajstić information content (AvgIpc) is 2.59. The van der Waals surface area contributed by atoms with Crippen LogP contribution in [0.15, 0.2) is 0 Å². The Hall–Kier alpha value is -1.06. The summed E-state index contributed by atoms with van der Waals surface area (Å²) in [6.07, 6.45) is 4.01. The lowest BCUT2D eigenvalue weighted by Gasteiger charge is -2.24. The van der Waals surface area contributed by atoms with Gasteiger partial charge in [-0.1, -0.05) is 13.3 Å². The minimum absolute atomic E-state index is 0.120. The number of ether oxygens (including phenoxy) is 1. The summed E-state index contributed by atoms with van der Waals surface area (Å²) in [6.45, 7) is 4.44. The van der Waals surface area contributed by atoms with E-state index in [0.717, 1.165) is 32.0 Å². The minimum Gasteiger partial charge on any atom is -0.449 e. The summed E-state index contributed by atoms with van der Waals surface area (Å²) in [5.74, 6) is 0. The molecular formula is C11H19NO3. The Morgan fingerprint density at radius 3 is 2.87 bits per heavy atom. The first-order valence-corrected chi connectivity index (χ1v) is 5.61. The number of unbranched alkanes of at least 4 members (excludes halogenated alkanes) is 1. The van der Waals surface area contributed by atoms with Gasteiger partial charge in [0.15, 0.2) is 0 Å². The van der Waals surface area contributed by atoms with E-state index < -0.39 is 0 Å². The van der Waals surface area contributed by atoms with Gasteiger partial charge in [0.1, 0.15) is 6.29 Å². The standard InChI is InChI=1S/C11H19NO3/c1-3-4-7-15-11(14)12-9(2)5-6-10(12)8-13/h8-10H,3-7H2,1-2H3/t9-,10-/m1/s1. The lowest BCUT2D eigenvalue weighted by molar-refractivity contribution is -0.111. The van der Waals surface area contributed by atoms with Crippen LogP contribution in [0.25, 0.3) is 0 Å². The summed E-state index contributed by atoms with van der Waals surface area (Å²) in [4.78, 5) is 24.0.